The van der Waals surface area contributed by atoms with Crippen molar-refractivity contribution in [3.63, 3.8) is 0 Å². The molecular formula is C37H71NO4. The lowest BCUT2D eigenvalue weighted by Gasteiger charge is -2.21. The van der Waals surface area contributed by atoms with Gasteiger partial charge in [-0.1, -0.05) is 166 Å². The molecule has 0 aromatic heterocycles. The predicted molar refractivity (Wildman–Crippen MR) is 181 cm³/mol. The second-order valence-corrected chi connectivity index (χ2v) is 12.6. The first-order valence-electron chi connectivity index (χ1n) is 18.1. The second-order valence-electron chi connectivity index (χ2n) is 12.6. The summed E-state index contributed by atoms with van der Waals surface area (Å²) < 4.78 is 0. The monoisotopic (exact) mass is 594 g/mol. The van der Waals surface area contributed by atoms with Gasteiger partial charge in [-0.05, 0) is 39.0 Å². The molecule has 0 aromatic carbocycles. The first-order chi connectivity index (χ1) is 20.5. The maximum atomic E-state index is 12.4. The van der Waals surface area contributed by atoms with Gasteiger partial charge in [-0.3, -0.25) is 4.79 Å². The van der Waals surface area contributed by atoms with Gasteiger partial charge in [0.15, 0.2) is 0 Å². The third-order valence-electron chi connectivity index (χ3n) is 8.40. The summed E-state index contributed by atoms with van der Waals surface area (Å²) in [7, 11) is 0. The standard InChI is InChI=1S/C37H71NO4/c1-4-6-8-10-12-13-14-15-16-17-18-20-22-26-31-36(41)37(42)38-34(32-39)35(40)30-27-23-25-29-33(3)28-24-21-19-11-9-7-5-2/h27,29-30,34-36,39-41H,4-26,28,31-32H2,1-3H3,(H,38,42)/b30-27+,33-29+/t34-,35+,36+/m0/s1. The minimum atomic E-state index is -1.10. The number of amides is 1. The molecule has 1 amide bonds. The second kappa shape index (κ2) is 31.3. The number of hydrogen-bond acceptors (Lipinski definition) is 4. The van der Waals surface area contributed by atoms with Gasteiger partial charge in [0.2, 0.25) is 5.91 Å². The molecule has 0 bridgehead atoms. The molecule has 0 aromatic rings. The van der Waals surface area contributed by atoms with E-state index in [0.29, 0.717) is 6.42 Å². The van der Waals surface area contributed by atoms with Gasteiger partial charge in [0.25, 0.3) is 0 Å². The molecule has 0 aliphatic heterocycles. The van der Waals surface area contributed by atoms with E-state index in [1.54, 1.807) is 6.08 Å². The van der Waals surface area contributed by atoms with Crippen molar-refractivity contribution in [2.75, 3.05) is 6.61 Å². The number of hydrogen-bond donors (Lipinski definition) is 4. The number of nitrogens with one attached hydrogen (secondary N) is 1. The van der Waals surface area contributed by atoms with E-state index in [1.165, 1.54) is 121 Å². The quantitative estimate of drug-likeness (QED) is 0.0476. The first-order valence-corrected chi connectivity index (χ1v) is 18.1. The van der Waals surface area contributed by atoms with Crippen LogP contribution in [0, 0.1) is 0 Å². The van der Waals surface area contributed by atoms with Crippen LogP contribution in [0.3, 0.4) is 0 Å². The van der Waals surface area contributed by atoms with Crippen LogP contribution in [0.4, 0.5) is 0 Å². The van der Waals surface area contributed by atoms with E-state index in [2.05, 4.69) is 32.2 Å². The first kappa shape index (κ1) is 40.8. The number of allylic oxidation sites excluding steroid dienone is 3. The predicted octanol–water partition coefficient (Wildman–Crippen LogP) is 9.48. The van der Waals surface area contributed by atoms with Crippen LogP contribution in [0.5, 0.6) is 0 Å². The lowest BCUT2D eigenvalue weighted by atomic mass is 10.0. The molecule has 0 aliphatic carbocycles. The van der Waals surface area contributed by atoms with Gasteiger partial charge < -0.3 is 20.6 Å². The minimum absolute atomic E-state index is 0.375. The van der Waals surface area contributed by atoms with E-state index in [4.69, 9.17) is 0 Å². The highest BCUT2D eigenvalue weighted by Gasteiger charge is 2.22. The van der Waals surface area contributed by atoms with E-state index in [0.717, 1.165) is 38.5 Å². The molecule has 4 N–H and O–H groups in total. The Labute approximate surface area is 261 Å². The summed E-state index contributed by atoms with van der Waals surface area (Å²) >= 11 is 0. The Balaban J connectivity index is 3.90. The Hall–Kier alpha value is -1.17. The van der Waals surface area contributed by atoms with Gasteiger partial charge in [-0.15, -0.1) is 0 Å². The molecule has 0 spiro atoms. The van der Waals surface area contributed by atoms with E-state index in [-0.39, 0.29) is 6.61 Å². The fourth-order valence-corrected chi connectivity index (χ4v) is 5.44. The number of rotatable bonds is 31. The Morgan fingerprint density at radius 1 is 0.667 bits per heavy atom. The van der Waals surface area contributed by atoms with Crippen LogP contribution in [0.25, 0.3) is 0 Å². The Morgan fingerprint density at radius 3 is 1.60 bits per heavy atom. The zero-order valence-electron chi connectivity index (χ0n) is 28.1. The Bertz CT molecular complexity index is 648. The lowest BCUT2D eigenvalue weighted by molar-refractivity contribution is -0.131. The van der Waals surface area contributed by atoms with Crippen molar-refractivity contribution in [1.82, 2.24) is 5.32 Å². The molecule has 0 aliphatic rings. The molecule has 248 valence electrons. The topological polar surface area (TPSA) is 89.8 Å². The number of aliphatic hydroxyl groups excluding tert-OH is 3. The number of aliphatic hydroxyl groups is 3. The maximum Gasteiger partial charge on any atom is 0.249 e. The third-order valence-corrected chi connectivity index (χ3v) is 8.40. The van der Waals surface area contributed by atoms with Crippen LogP contribution in [-0.4, -0.2) is 46.1 Å². The zero-order chi connectivity index (χ0) is 31.1. The van der Waals surface area contributed by atoms with Gasteiger partial charge in [0.1, 0.15) is 6.10 Å². The average Bonchev–Trinajstić information content (AvgIpc) is 2.98. The largest absolute Gasteiger partial charge is 0.394 e. The van der Waals surface area contributed by atoms with Gasteiger partial charge >= 0.3 is 0 Å². The summed E-state index contributed by atoms with van der Waals surface area (Å²) in [5.41, 5.74) is 1.42. The number of unbranched alkanes of at least 4 members (excludes halogenated alkanes) is 20. The van der Waals surface area contributed by atoms with Crippen molar-refractivity contribution < 1.29 is 20.1 Å². The fraction of sp³-hybridized carbons (Fsp3) is 0.865. The molecule has 0 heterocycles. The smallest absolute Gasteiger partial charge is 0.249 e. The summed E-state index contributed by atoms with van der Waals surface area (Å²) in [6.07, 6.45) is 34.0. The molecule has 0 radical (unpaired) electrons. The number of carbonyl (C=O) groups is 1. The van der Waals surface area contributed by atoms with Crippen LogP contribution in [0.1, 0.15) is 181 Å². The highest BCUT2D eigenvalue weighted by molar-refractivity contribution is 5.80. The summed E-state index contributed by atoms with van der Waals surface area (Å²) in [6, 6.07) is -0.811. The van der Waals surface area contributed by atoms with Crippen LogP contribution < -0.4 is 5.32 Å². The molecular weight excluding hydrogens is 522 g/mol. The van der Waals surface area contributed by atoms with Gasteiger partial charge in [-0.2, -0.15) is 0 Å². The third kappa shape index (κ3) is 26.5. The number of carbonyl (C=O) groups excluding carboxylic acids is 1. The summed E-state index contributed by atoms with van der Waals surface area (Å²) in [5.74, 6) is -0.514. The van der Waals surface area contributed by atoms with E-state index >= 15 is 0 Å². The molecule has 0 unspecified atom stereocenters. The van der Waals surface area contributed by atoms with Crippen molar-refractivity contribution in [2.45, 2.75) is 200 Å². The van der Waals surface area contributed by atoms with Crippen molar-refractivity contribution in [3.05, 3.63) is 23.8 Å². The van der Waals surface area contributed by atoms with Gasteiger partial charge in [-0.25, -0.2) is 0 Å². The van der Waals surface area contributed by atoms with E-state index in [9.17, 15) is 20.1 Å². The molecule has 0 fully saturated rings. The highest BCUT2D eigenvalue weighted by atomic mass is 16.3. The fourth-order valence-electron chi connectivity index (χ4n) is 5.44. The Morgan fingerprint density at radius 2 is 1.12 bits per heavy atom. The summed E-state index contributed by atoms with van der Waals surface area (Å²) in [5, 5.41) is 33.0. The maximum absolute atomic E-state index is 12.4. The molecule has 5 heteroatoms. The van der Waals surface area contributed by atoms with Crippen LogP contribution in [-0.2, 0) is 4.79 Å². The van der Waals surface area contributed by atoms with E-state index < -0.39 is 24.2 Å². The SMILES string of the molecule is CCCCCCCCCCCCCCCC[C@@H](O)C(=O)N[C@@H](CO)[C@H](O)/C=C/CC/C=C(\C)CCCCCCCCC. The molecule has 42 heavy (non-hydrogen) atoms. The zero-order valence-corrected chi connectivity index (χ0v) is 28.1. The van der Waals surface area contributed by atoms with Gasteiger partial charge in [0.05, 0.1) is 18.8 Å². The normalized spacial score (nSPS) is 14.4. The van der Waals surface area contributed by atoms with Crippen LogP contribution in [0.15, 0.2) is 23.8 Å². The molecule has 0 saturated carbocycles. The van der Waals surface area contributed by atoms with Gasteiger partial charge in [0, 0.05) is 0 Å². The van der Waals surface area contributed by atoms with Crippen LogP contribution in [0.2, 0.25) is 0 Å². The van der Waals surface area contributed by atoms with Crippen LogP contribution >= 0.6 is 0 Å². The highest BCUT2D eigenvalue weighted by Crippen LogP contribution is 2.15. The molecule has 0 rings (SSSR count). The summed E-state index contributed by atoms with van der Waals surface area (Å²) in [6.45, 7) is 6.33. The minimum Gasteiger partial charge on any atom is -0.394 e. The lowest BCUT2D eigenvalue weighted by Crippen LogP contribution is -2.48. The molecule has 3 atom stereocenters. The van der Waals surface area contributed by atoms with Crippen molar-refractivity contribution >= 4 is 5.91 Å². The van der Waals surface area contributed by atoms with Crippen molar-refractivity contribution in [1.29, 1.82) is 0 Å². The summed E-state index contributed by atoms with van der Waals surface area (Å²) in [4.78, 5) is 12.4. The molecule has 5 nitrogen and oxygen atoms in total. The molecule has 0 saturated heterocycles. The van der Waals surface area contributed by atoms with Crippen molar-refractivity contribution in [2.24, 2.45) is 0 Å². The van der Waals surface area contributed by atoms with Crippen molar-refractivity contribution in [3.8, 4) is 0 Å². The van der Waals surface area contributed by atoms with E-state index in [1.807, 2.05) is 6.08 Å². The Kier molecular flexibility index (Phi) is 30.4. The average molecular weight is 594 g/mol.